The van der Waals surface area contributed by atoms with Crippen LogP contribution in [0.3, 0.4) is 0 Å². The molecule has 1 unspecified atom stereocenters. The molecule has 2 amide bonds. The molecule has 1 fully saturated rings. The van der Waals surface area contributed by atoms with Gasteiger partial charge in [0.05, 0.1) is 13.0 Å². The van der Waals surface area contributed by atoms with Crippen molar-refractivity contribution in [1.29, 1.82) is 0 Å². The summed E-state index contributed by atoms with van der Waals surface area (Å²) in [7, 11) is 0. The number of piperazine rings is 1. The summed E-state index contributed by atoms with van der Waals surface area (Å²) in [6.45, 7) is -0.720. The Morgan fingerprint density at radius 3 is 2.32 bits per heavy atom. The van der Waals surface area contributed by atoms with Crippen LogP contribution in [0.2, 0.25) is 0 Å². The Morgan fingerprint density at radius 1 is 1.21 bits per heavy atom. The van der Waals surface area contributed by atoms with Gasteiger partial charge in [-0.2, -0.15) is 0 Å². The predicted molar refractivity (Wildman–Crippen MR) is 61.0 cm³/mol. The highest BCUT2D eigenvalue weighted by molar-refractivity contribution is 5.93. The molecule has 0 spiro atoms. The van der Waals surface area contributed by atoms with Crippen LogP contribution in [0.1, 0.15) is 6.42 Å². The third-order valence-electron chi connectivity index (χ3n) is 2.77. The Balaban J connectivity index is 2.89. The van der Waals surface area contributed by atoms with Gasteiger partial charge in [0.1, 0.15) is 12.6 Å². The molecule has 0 radical (unpaired) electrons. The van der Waals surface area contributed by atoms with E-state index in [-0.39, 0.29) is 19.6 Å². The number of hydrogen-bond acceptors (Lipinski definition) is 5. The lowest BCUT2D eigenvalue weighted by Crippen LogP contribution is -2.60. The van der Waals surface area contributed by atoms with Crippen LogP contribution in [-0.2, 0) is 19.2 Å². The fraction of sp³-hybridized carbons (Fsp3) is 0.600. The molecule has 9 heteroatoms. The average molecular weight is 273 g/mol. The molecule has 0 aromatic heterocycles. The van der Waals surface area contributed by atoms with Gasteiger partial charge in [-0.25, -0.2) is 0 Å². The highest BCUT2D eigenvalue weighted by atomic mass is 16.4. The van der Waals surface area contributed by atoms with E-state index in [0.717, 1.165) is 9.80 Å². The highest BCUT2D eigenvalue weighted by Crippen LogP contribution is 2.15. The number of nitrogens with two attached hydrogens (primary N) is 1. The molecule has 1 aliphatic heterocycles. The molecule has 1 atom stereocenters. The minimum absolute atomic E-state index is 0.0486. The minimum atomic E-state index is -1.25. The molecule has 19 heavy (non-hydrogen) atoms. The van der Waals surface area contributed by atoms with Gasteiger partial charge in [-0.05, 0) is 0 Å². The topological polar surface area (TPSA) is 141 Å². The van der Waals surface area contributed by atoms with Crippen molar-refractivity contribution >= 4 is 23.8 Å². The standard InChI is InChI=1S/C10H15N3O6/c11-4-7(14)13-2-1-12(5-9(17)18)10(19)6(13)3-8(15)16/h6H,1-5,11H2,(H,15,16)(H,17,18). The van der Waals surface area contributed by atoms with Crippen LogP contribution in [0.25, 0.3) is 0 Å². The first-order chi connectivity index (χ1) is 8.86. The van der Waals surface area contributed by atoms with Crippen LogP contribution in [0.5, 0.6) is 0 Å². The van der Waals surface area contributed by atoms with Gasteiger partial charge < -0.3 is 25.7 Å². The third-order valence-corrected chi connectivity index (χ3v) is 2.77. The number of rotatable bonds is 5. The van der Waals surface area contributed by atoms with Crippen molar-refractivity contribution < 1.29 is 29.4 Å². The summed E-state index contributed by atoms with van der Waals surface area (Å²) in [5.74, 6) is -3.65. The third kappa shape index (κ3) is 3.65. The van der Waals surface area contributed by atoms with E-state index in [2.05, 4.69) is 0 Å². The number of nitrogens with zero attached hydrogens (tertiary/aromatic N) is 2. The predicted octanol–water partition coefficient (Wildman–Crippen LogP) is -2.46. The van der Waals surface area contributed by atoms with Crippen LogP contribution in [0, 0.1) is 0 Å². The van der Waals surface area contributed by atoms with Gasteiger partial charge in [0, 0.05) is 13.1 Å². The molecular weight excluding hydrogens is 258 g/mol. The molecule has 0 aliphatic carbocycles. The monoisotopic (exact) mass is 273 g/mol. The SMILES string of the molecule is NCC(=O)N1CCN(CC(=O)O)C(=O)C1CC(=O)O. The van der Waals surface area contributed by atoms with Crippen molar-refractivity contribution in [2.75, 3.05) is 26.2 Å². The Labute approximate surface area is 108 Å². The first-order valence-electron chi connectivity index (χ1n) is 5.58. The largest absolute Gasteiger partial charge is 0.481 e. The van der Waals surface area contributed by atoms with Gasteiger partial charge in [0.2, 0.25) is 11.8 Å². The second-order valence-electron chi connectivity index (χ2n) is 4.06. The number of hydrogen-bond donors (Lipinski definition) is 3. The van der Waals surface area contributed by atoms with E-state index in [1.807, 2.05) is 0 Å². The van der Waals surface area contributed by atoms with Crippen molar-refractivity contribution in [2.45, 2.75) is 12.5 Å². The van der Waals surface area contributed by atoms with Crippen molar-refractivity contribution in [3.05, 3.63) is 0 Å². The molecule has 0 aromatic rings. The van der Waals surface area contributed by atoms with E-state index in [1.54, 1.807) is 0 Å². The van der Waals surface area contributed by atoms with Gasteiger partial charge in [0.25, 0.3) is 0 Å². The van der Waals surface area contributed by atoms with Crippen LogP contribution >= 0.6 is 0 Å². The smallest absolute Gasteiger partial charge is 0.323 e. The molecular formula is C10H15N3O6. The molecule has 1 heterocycles. The van der Waals surface area contributed by atoms with E-state index in [9.17, 15) is 19.2 Å². The second kappa shape index (κ2) is 6.14. The Bertz CT molecular complexity index is 410. The zero-order chi connectivity index (χ0) is 14.6. The Morgan fingerprint density at radius 2 is 1.84 bits per heavy atom. The lowest BCUT2D eigenvalue weighted by atomic mass is 10.1. The van der Waals surface area contributed by atoms with Gasteiger partial charge in [0.15, 0.2) is 0 Å². The average Bonchev–Trinajstić information content (AvgIpc) is 2.32. The second-order valence-corrected chi connectivity index (χ2v) is 4.06. The summed E-state index contributed by atoms with van der Waals surface area (Å²) in [6.07, 6.45) is -0.569. The lowest BCUT2D eigenvalue weighted by molar-refractivity contribution is -0.157. The summed E-state index contributed by atoms with van der Waals surface area (Å²) >= 11 is 0. The van der Waals surface area contributed by atoms with E-state index in [1.165, 1.54) is 0 Å². The normalized spacial score (nSPS) is 19.4. The lowest BCUT2D eigenvalue weighted by Gasteiger charge is -2.39. The maximum atomic E-state index is 12.0. The molecule has 1 rings (SSSR count). The van der Waals surface area contributed by atoms with Gasteiger partial charge in [-0.15, -0.1) is 0 Å². The summed E-state index contributed by atoms with van der Waals surface area (Å²) in [5.41, 5.74) is 5.20. The van der Waals surface area contributed by atoms with Crippen LogP contribution in [0.15, 0.2) is 0 Å². The number of aliphatic carboxylic acids is 2. The zero-order valence-electron chi connectivity index (χ0n) is 10.1. The molecule has 1 saturated heterocycles. The van der Waals surface area contributed by atoms with Crippen molar-refractivity contribution in [2.24, 2.45) is 5.73 Å². The highest BCUT2D eigenvalue weighted by Gasteiger charge is 2.38. The van der Waals surface area contributed by atoms with Crippen molar-refractivity contribution in [1.82, 2.24) is 9.80 Å². The zero-order valence-corrected chi connectivity index (χ0v) is 10.1. The first-order valence-corrected chi connectivity index (χ1v) is 5.58. The minimum Gasteiger partial charge on any atom is -0.481 e. The Hall–Kier alpha value is -2.16. The molecule has 1 aliphatic rings. The van der Waals surface area contributed by atoms with E-state index >= 15 is 0 Å². The number of amides is 2. The van der Waals surface area contributed by atoms with Gasteiger partial charge in [-0.1, -0.05) is 0 Å². The molecule has 0 bridgehead atoms. The van der Waals surface area contributed by atoms with Crippen LogP contribution in [-0.4, -0.2) is 76.0 Å². The molecule has 0 saturated carbocycles. The summed E-state index contributed by atoms with van der Waals surface area (Å²) in [6, 6.07) is -1.19. The van der Waals surface area contributed by atoms with Gasteiger partial charge >= 0.3 is 11.9 Å². The van der Waals surface area contributed by atoms with Crippen LogP contribution < -0.4 is 5.73 Å². The molecule has 4 N–H and O–H groups in total. The quantitative estimate of drug-likeness (QED) is 0.504. The van der Waals surface area contributed by atoms with E-state index in [4.69, 9.17) is 15.9 Å². The molecule has 0 aromatic carbocycles. The fourth-order valence-corrected chi connectivity index (χ4v) is 1.94. The Kier molecular flexibility index (Phi) is 4.81. The van der Waals surface area contributed by atoms with Crippen molar-refractivity contribution in [3.8, 4) is 0 Å². The summed E-state index contributed by atoms with van der Waals surface area (Å²) < 4.78 is 0. The van der Waals surface area contributed by atoms with Crippen molar-refractivity contribution in [3.63, 3.8) is 0 Å². The molecule has 9 nitrogen and oxygen atoms in total. The number of carbonyl (C=O) groups is 4. The number of carbonyl (C=O) groups excluding carboxylic acids is 2. The molecule has 106 valence electrons. The van der Waals surface area contributed by atoms with E-state index < -0.39 is 42.8 Å². The number of carboxylic acid groups (broad SMARTS) is 2. The maximum absolute atomic E-state index is 12.0. The summed E-state index contributed by atoms with van der Waals surface area (Å²) in [4.78, 5) is 47.0. The van der Waals surface area contributed by atoms with E-state index in [0.29, 0.717) is 0 Å². The van der Waals surface area contributed by atoms with Crippen LogP contribution in [0.4, 0.5) is 0 Å². The van der Waals surface area contributed by atoms with Gasteiger partial charge in [-0.3, -0.25) is 19.2 Å². The first kappa shape index (κ1) is 14.9. The number of carboxylic acids is 2. The maximum Gasteiger partial charge on any atom is 0.323 e. The summed E-state index contributed by atoms with van der Waals surface area (Å²) in [5, 5.41) is 17.4. The fourth-order valence-electron chi connectivity index (χ4n) is 1.94.